The van der Waals surface area contributed by atoms with Crippen molar-refractivity contribution in [2.45, 2.75) is 19.1 Å². The number of hydrogen-bond acceptors (Lipinski definition) is 4. The monoisotopic (exact) mass is 334 g/mol. The van der Waals surface area contributed by atoms with Crippen LogP contribution in [0.3, 0.4) is 0 Å². The highest BCUT2D eigenvalue weighted by atomic mass is 16.7. The molecule has 0 saturated carbocycles. The predicted octanol–water partition coefficient (Wildman–Crippen LogP) is 4.05. The van der Waals surface area contributed by atoms with E-state index in [0.29, 0.717) is 13.0 Å². The number of allylic oxidation sites excluding steroid dienone is 1. The molecule has 2 heterocycles. The summed E-state index contributed by atoms with van der Waals surface area (Å²) < 4.78 is 16.6. The van der Waals surface area contributed by atoms with E-state index in [1.807, 2.05) is 42.7 Å². The lowest BCUT2D eigenvalue weighted by Gasteiger charge is -2.28. The smallest absolute Gasteiger partial charge is 0.231 e. The molecule has 0 fully saturated rings. The van der Waals surface area contributed by atoms with Crippen LogP contribution >= 0.6 is 0 Å². The van der Waals surface area contributed by atoms with E-state index in [0.717, 1.165) is 39.3 Å². The number of benzene rings is 2. The van der Waals surface area contributed by atoms with E-state index in [9.17, 15) is 5.11 Å². The zero-order chi connectivity index (χ0) is 16.8. The minimum atomic E-state index is -0.513. The van der Waals surface area contributed by atoms with Gasteiger partial charge in [0.05, 0.1) is 12.4 Å². The lowest BCUT2D eigenvalue weighted by atomic mass is 9.81. The molecule has 0 bridgehead atoms. The molecule has 4 heteroatoms. The van der Waals surface area contributed by atoms with Gasteiger partial charge in [0.15, 0.2) is 11.5 Å². The molecule has 25 heavy (non-hydrogen) atoms. The normalized spacial score (nSPS) is 22.7. The van der Waals surface area contributed by atoms with Gasteiger partial charge >= 0.3 is 0 Å². The van der Waals surface area contributed by atoms with E-state index in [1.54, 1.807) is 0 Å². The van der Waals surface area contributed by atoms with Crippen LogP contribution in [-0.2, 0) is 11.3 Å². The molecule has 0 radical (unpaired) electrons. The van der Waals surface area contributed by atoms with Gasteiger partial charge < -0.3 is 19.3 Å². The van der Waals surface area contributed by atoms with Crippen LogP contribution in [0.5, 0.6) is 11.5 Å². The summed E-state index contributed by atoms with van der Waals surface area (Å²) in [5, 5.41) is 10.8. The lowest BCUT2D eigenvalue weighted by molar-refractivity contribution is 0.131. The van der Waals surface area contributed by atoms with Gasteiger partial charge in [-0.15, -0.1) is 0 Å². The molecule has 2 aliphatic heterocycles. The summed E-state index contributed by atoms with van der Waals surface area (Å²) in [6, 6.07) is 12.0. The maximum Gasteiger partial charge on any atom is 0.231 e. The highest BCUT2D eigenvalue weighted by molar-refractivity contribution is 5.72. The van der Waals surface area contributed by atoms with Crippen LogP contribution in [0.1, 0.15) is 34.8 Å². The van der Waals surface area contributed by atoms with Crippen molar-refractivity contribution in [2.75, 3.05) is 6.79 Å². The first-order valence-electron chi connectivity index (χ1n) is 8.48. The molecule has 5 rings (SSSR count). The lowest BCUT2D eigenvalue weighted by Crippen LogP contribution is -2.16. The average molecular weight is 334 g/mol. The Balaban J connectivity index is 1.46. The van der Waals surface area contributed by atoms with Crippen molar-refractivity contribution < 1.29 is 19.3 Å². The third-order valence-electron chi connectivity index (χ3n) is 5.11. The molecular weight excluding hydrogens is 316 g/mol. The van der Waals surface area contributed by atoms with Gasteiger partial charge in [0.25, 0.3) is 0 Å². The van der Waals surface area contributed by atoms with Crippen LogP contribution in [0.4, 0.5) is 0 Å². The van der Waals surface area contributed by atoms with Crippen LogP contribution in [0.25, 0.3) is 11.6 Å². The third kappa shape index (κ3) is 2.41. The van der Waals surface area contributed by atoms with Crippen molar-refractivity contribution in [2.24, 2.45) is 5.92 Å². The predicted molar refractivity (Wildman–Crippen MR) is 93.9 cm³/mol. The summed E-state index contributed by atoms with van der Waals surface area (Å²) >= 11 is 0. The third-order valence-corrected chi connectivity index (χ3v) is 5.11. The Morgan fingerprint density at radius 3 is 2.84 bits per heavy atom. The Morgan fingerprint density at radius 2 is 1.92 bits per heavy atom. The zero-order valence-corrected chi connectivity index (χ0v) is 13.6. The second kappa shape index (κ2) is 5.67. The SMILES string of the molecule is O[C@H]1c2ccccc2C=C[C@H]1CC1=COCc2cc3c(cc21)OCO3. The molecular formula is C21H18O4. The molecule has 1 aliphatic carbocycles. The van der Waals surface area contributed by atoms with Crippen LogP contribution < -0.4 is 9.47 Å². The summed E-state index contributed by atoms with van der Waals surface area (Å²) in [7, 11) is 0. The van der Waals surface area contributed by atoms with Gasteiger partial charge in [-0.2, -0.15) is 0 Å². The van der Waals surface area contributed by atoms with Crippen LogP contribution in [0.15, 0.2) is 48.7 Å². The van der Waals surface area contributed by atoms with Crippen molar-refractivity contribution in [3.05, 3.63) is 71.0 Å². The fourth-order valence-corrected chi connectivity index (χ4v) is 3.78. The second-order valence-electron chi connectivity index (χ2n) is 6.62. The fourth-order valence-electron chi connectivity index (χ4n) is 3.78. The maximum atomic E-state index is 10.8. The fraction of sp³-hybridized carbons (Fsp3) is 0.238. The number of aliphatic hydroxyl groups excluding tert-OH is 1. The van der Waals surface area contributed by atoms with Gasteiger partial charge in [-0.3, -0.25) is 0 Å². The second-order valence-corrected chi connectivity index (χ2v) is 6.62. The molecule has 126 valence electrons. The number of ether oxygens (including phenoxy) is 3. The summed E-state index contributed by atoms with van der Waals surface area (Å²) in [5.41, 5.74) is 5.36. The molecule has 2 aromatic carbocycles. The van der Waals surface area contributed by atoms with E-state index in [-0.39, 0.29) is 12.7 Å². The quantitative estimate of drug-likeness (QED) is 0.900. The summed E-state index contributed by atoms with van der Waals surface area (Å²) in [5.74, 6) is 1.56. The van der Waals surface area contributed by atoms with Gasteiger partial charge in [0, 0.05) is 11.5 Å². The molecule has 0 saturated heterocycles. The molecule has 0 unspecified atom stereocenters. The Morgan fingerprint density at radius 1 is 1.08 bits per heavy atom. The Hall–Kier alpha value is -2.72. The first-order chi connectivity index (χ1) is 12.3. The number of fused-ring (bicyclic) bond motifs is 3. The van der Waals surface area contributed by atoms with E-state index >= 15 is 0 Å². The highest BCUT2D eigenvalue weighted by Gasteiger charge is 2.28. The van der Waals surface area contributed by atoms with Crippen molar-refractivity contribution in [1.29, 1.82) is 0 Å². The summed E-state index contributed by atoms with van der Waals surface area (Å²) in [4.78, 5) is 0. The summed E-state index contributed by atoms with van der Waals surface area (Å²) in [6.07, 6.45) is 6.19. The average Bonchev–Trinajstić information content (AvgIpc) is 3.10. The molecule has 0 amide bonds. The van der Waals surface area contributed by atoms with Crippen molar-refractivity contribution >= 4 is 11.6 Å². The molecule has 0 aromatic heterocycles. The van der Waals surface area contributed by atoms with Gasteiger partial charge in [0.1, 0.15) is 6.61 Å². The number of aliphatic hydroxyl groups is 1. The van der Waals surface area contributed by atoms with Crippen LogP contribution in [-0.4, -0.2) is 11.9 Å². The van der Waals surface area contributed by atoms with Gasteiger partial charge in [-0.05, 0) is 40.8 Å². The molecule has 0 spiro atoms. The van der Waals surface area contributed by atoms with E-state index in [1.165, 1.54) is 0 Å². The molecule has 2 atom stereocenters. The topological polar surface area (TPSA) is 47.9 Å². The Labute approximate surface area is 146 Å². The zero-order valence-electron chi connectivity index (χ0n) is 13.6. The van der Waals surface area contributed by atoms with Gasteiger partial charge in [-0.25, -0.2) is 0 Å². The summed E-state index contributed by atoms with van der Waals surface area (Å²) in [6.45, 7) is 0.792. The Kier molecular flexibility index (Phi) is 3.31. The van der Waals surface area contributed by atoms with Crippen LogP contribution in [0, 0.1) is 5.92 Å². The largest absolute Gasteiger partial charge is 0.496 e. The van der Waals surface area contributed by atoms with Crippen molar-refractivity contribution in [3.8, 4) is 11.5 Å². The van der Waals surface area contributed by atoms with Crippen molar-refractivity contribution in [3.63, 3.8) is 0 Å². The highest BCUT2D eigenvalue weighted by Crippen LogP contribution is 2.43. The number of hydrogen-bond donors (Lipinski definition) is 1. The first-order valence-corrected chi connectivity index (χ1v) is 8.48. The van der Waals surface area contributed by atoms with Gasteiger partial charge in [0.2, 0.25) is 6.79 Å². The Bertz CT molecular complexity index is 897. The van der Waals surface area contributed by atoms with Crippen molar-refractivity contribution in [1.82, 2.24) is 0 Å². The minimum absolute atomic E-state index is 0.0149. The molecule has 4 nitrogen and oxygen atoms in total. The van der Waals surface area contributed by atoms with Gasteiger partial charge in [-0.1, -0.05) is 36.4 Å². The standard InChI is InChI=1S/C21H18O4/c22-21-14(6-5-13-3-1-2-4-17(13)21)7-15-10-23-11-16-8-19-20(9-18(15)16)25-12-24-19/h1-6,8-10,14,21-22H,7,11-12H2/t14-,21+/m0/s1. The van der Waals surface area contributed by atoms with E-state index in [4.69, 9.17) is 14.2 Å². The van der Waals surface area contributed by atoms with E-state index < -0.39 is 6.10 Å². The molecule has 3 aliphatic rings. The molecule has 2 aromatic rings. The maximum absolute atomic E-state index is 10.8. The van der Waals surface area contributed by atoms with Crippen LogP contribution in [0.2, 0.25) is 0 Å². The van der Waals surface area contributed by atoms with E-state index in [2.05, 4.69) is 12.2 Å². The first kappa shape index (κ1) is 14.6. The molecule has 1 N–H and O–H groups in total. The number of rotatable bonds is 2. The minimum Gasteiger partial charge on any atom is -0.496 e.